The number of pyridine rings is 4. The number of anilines is 4. The van der Waals surface area contributed by atoms with E-state index in [-0.39, 0.29) is 43.0 Å². The van der Waals surface area contributed by atoms with Crippen molar-refractivity contribution in [2.45, 2.75) is 13.6 Å². The summed E-state index contributed by atoms with van der Waals surface area (Å²) in [6, 6.07) is 19.7. The molecule has 14 N–H and O–H groups in total. The summed E-state index contributed by atoms with van der Waals surface area (Å²) in [5.74, 6) is 3.58. The second kappa shape index (κ2) is 22.6. The minimum atomic E-state index is -4.66. The zero-order valence-electron chi connectivity index (χ0n) is 23.7. The average molecular weight is 760 g/mol. The lowest BCUT2D eigenvalue weighted by atomic mass is 10.3. The van der Waals surface area contributed by atoms with Crippen LogP contribution in [-0.4, -0.2) is 46.3 Å². The summed E-state index contributed by atoms with van der Waals surface area (Å²) in [6.45, 7) is 6.55. The van der Waals surface area contributed by atoms with Crippen LogP contribution in [0.5, 0.6) is 0 Å². The van der Waals surface area contributed by atoms with E-state index in [1.165, 1.54) is 18.2 Å². The largest absolute Gasteiger partial charge is 0.471 e. The van der Waals surface area contributed by atoms with Crippen LogP contribution in [0.4, 0.5) is 42.3 Å². The highest BCUT2D eigenvalue weighted by Crippen LogP contribution is 2.29. The van der Waals surface area contributed by atoms with Gasteiger partial charge in [-0.2, -0.15) is 18.2 Å². The molecule has 0 aromatic carbocycles. The Morgan fingerprint density at radius 3 is 1.69 bits per heavy atom. The molecule has 5 aromatic heterocycles. The van der Waals surface area contributed by atoms with E-state index in [4.69, 9.17) is 45.7 Å². The van der Waals surface area contributed by atoms with Crippen LogP contribution in [0.2, 0.25) is 0 Å². The molecule has 0 atom stereocenters. The number of nitrogen functional groups attached to an aromatic ring is 4. The van der Waals surface area contributed by atoms with Gasteiger partial charge in [-0.3, -0.25) is 0 Å². The Labute approximate surface area is 286 Å². The minimum absolute atomic E-state index is 0. The molecule has 0 aliphatic rings. The molecule has 0 amide bonds. The summed E-state index contributed by atoms with van der Waals surface area (Å²) in [5, 5.41) is 20.7. The Morgan fingerprint density at radius 2 is 1.29 bits per heavy atom. The van der Waals surface area contributed by atoms with Gasteiger partial charge in [0.05, 0.1) is 0 Å². The summed E-state index contributed by atoms with van der Waals surface area (Å²) in [7, 11) is 0. The fourth-order valence-corrected chi connectivity index (χ4v) is 2.95. The van der Waals surface area contributed by atoms with Crippen LogP contribution in [0, 0.1) is 6.57 Å². The van der Waals surface area contributed by atoms with Gasteiger partial charge in [-0.25, -0.2) is 20.8 Å². The molecule has 5 heterocycles. The molecule has 0 saturated heterocycles. The Bertz CT molecular complexity index is 1720. The molecule has 0 aliphatic heterocycles. The van der Waals surface area contributed by atoms with Crippen LogP contribution in [0.1, 0.15) is 19.0 Å². The summed E-state index contributed by atoms with van der Waals surface area (Å²) in [6.07, 6.45) is -4.66. The second-order valence-corrected chi connectivity index (χ2v) is 8.53. The molecule has 0 fully saturated rings. The van der Waals surface area contributed by atoms with Crippen LogP contribution in [0.15, 0.2) is 87.1 Å². The van der Waals surface area contributed by atoms with Gasteiger partial charge in [0.15, 0.2) is 5.84 Å². The van der Waals surface area contributed by atoms with E-state index in [0.717, 1.165) is 4.60 Å². The number of hydrogen-bond acceptors (Lipinski definition) is 15. The van der Waals surface area contributed by atoms with Crippen LogP contribution >= 0.6 is 28.3 Å². The van der Waals surface area contributed by atoms with Gasteiger partial charge < -0.3 is 48.5 Å². The summed E-state index contributed by atoms with van der Waals surface area (Å²) >= 11 is 3.17. The molecule has 0 unspecified atom stereocenters. The summed E-state index contributed by atoms with van der Waals surface area (Å²) < 4.78 is 41.3. The Hall–Kier alpha value is -5.82. The molecule has 0 bridgehead atoms. The molecular weight excluding hydrogens is 729 g/mol. The minimum Gasteiger partial charge on any atom is -0.409 e. The molecular formula is C26H31BrClF3N14O3. The van der Waals surface area contributed by atoms with E-state index in [1.54, 1.807) is 42.5 Å². The molecule has 0 spiro atoms. The number of oxime groups is 1. The fraction of sp³-hybridized carbons (Fsp3) is 0.0769. The van der Waals surface area contributed by atoms with Crippen LogP contribution < -0.4 is 34.6 Å². The lowest BCUT2D eigenvalue weighted by Crippen LogP contribution is -2.15. The first-order chi connectivity index (χ1) is 21.8. The van der Waals surface area contributed by atoms with E-state index < -0.39 is 12.1 Å². The molecule has 22 heteroatoms. The van der Waals surface area contributed by atoms with Crippen molar-refractivity contribution in [1.82, 2.24) is 30.1 Å². The lowest BCUT2D eigenvalue weighted by Gasteiger charge is -1.96. The number of aromatic nitrogens is 6. The molecule has 0 radical (unpaired) electrons. The van der Waals surface area contributed by atoms with E-state index in [0.29, 0.717) is 29.0 Å². The van der Waals surface area contributed by atoms with Gasteiger partial charge in [-0.1, -0.05) is 48.6 Å². The van der Waals surface area contributed by atoms with Crippen LogP contribution in [0.25, 0.3) is 16.4 Å². The molecule has 0 saturated carbocycles. The van der Waals surface area contributed by atoms with E-state index >= 15 is 0 Å². The summed E-state index contributed by atoms with van der Waals surface area (Å²) in [5.41, 5.74) is 27.1. The van der Waals surface area contributed by atoms with Crippen molar-refractivity contribution < 1.29 is 28.1 Å². The van der Waals surface area contributed by atoms with E-state index in [9.17, 15) is 13.2 Å². The lowest BCUT2D eigenvalue weighted by molar-refractivity contribution is -0.159. The Kier molecular flexibility index (Phi) is 20.9. The monoisotopic (exact) mass is 758 g/mol. The van der Waals surface area contributed by atoms with Crippen LogP contribution in [-0.2, 0) is 6.18 Å². The highest BCUT2D eigenvalue weighted by Gasteiger charge is 2.38. The number of nitrogens with zero attached hydrogens (tertiary/aromatic N) is 8. The smallest absolute Gasteiger partial charge is 0.409 e. The van der Waals surface area contributed by atoms with Crippen molar-refractivity contribution >= 4 is 63.3 Å². The quantitative estimate of drug-likeness (QED) is 0.0306. The van der Waals surface area contributed by atoms with Crippen LogP contribution in [0.3, 0.4) is 0 Å². The van der Waals surface area contributed by atoms with E-state index in [2.05, 4.69) is 66.4 Å². The van der Waals surface area contributed by atoms with Crippen molar-refractivity contribution in [3.8, 4) is 11.5 Å². The molecule has 5 aromatic rings. The highest BCUT2D eigenvalue weighted by molar-refractivity contribution is 9.10. The number of amidine groups is 1. The highest BCUT2D eigenvalue weighted by atomic mass is 79.9. The predicted molar refractivity (Wildman–Crippen MR) is 179 cm³/mol. The number of halogens is 5. The van der Waals surface area contributed by atoms with Gasteiger partial charge in [0.25, 0.3) is 5.82 Å². The number of hydrogen-bond donors (Lipinski definition) is 8. The first-order valence-electron chi connectivity index (χ1n) is 11.9. The normalized spacial score (nSPS) is 9.73. The zero-order chi connectivity index (χ0) is 34.7. The maximum absolute atomic E-state index is 12.2. The molecule has 258 valence electrons. The molecule has 17 nitrogen and oxygen atoms in total. The van der Waals surface area contributed by atoms with Crippen molar-refractivity contribution in [2.24, 2.45) is 16.8 Å². The third-order valence-corrected chi connectivity index (χ3v) is 4.86. The molecule has 5 rings (SSSR count). The van der Waals surface area contributed by atoms with Gasteiger partial charge >= 0.3 is 12.1 Å². The fourth-order valence-electron chi connectivity index (χ4n) is 2.59. The van der Waals surface area contributed by atoms with Gasteiger partial charge in [-0.05, 0) is 58.4 Å². The van der Waals surface area contributed by atoms with Gasteiger partial charge in [-0.15, -0.1) is 17.4 Å². The van der Waals surface area contributed by atoms with Crippen molar-refractivity contribution in [3.63, 3.8) is 0 Å². The van der Waals surface area contributed by atoms with Crippen molar-refractivity contribution in [3.05, 3.63) is 100 Å². The Balaban J connectivity index is 0. The maximum Gasteiger partial charge on any atom is 0.471 e. The van der Waals surface area contributed by atoms with Crippen molar-refractivity contribution in [2.75, 3.05) is 22.9 Å². The third-order valence-electron chi connectivity index (χ3n) is 4.42. The van der Waals surface area contributed by atoms with E-state index in [1.807, 2.05) is 12.1 Å². The third kappa shape index (κ3) is 16.5. The molecule has 0 aliphatic carbocycles. The average Bonchev–Trinajstić information content (AvgIpc) is 3.54. The summed E-state index contributed by atoms with van der Waals surface area (Å²) in [4.78, 5) is 21.4. The predicted octanol–water partition coefficient (Wildman–Crippen LogP) is 4.52. The SMILES string of the molecule is C.Cl.NC(=NO)c1cccc(N)n1.NO.Nc1cccc(-c2noc(C(F)(F)F)n2)n1.Nc1cccc(Br)n1.[C-]#[N+]c1cccc(N)n1. The standard InChI is InChI=1S/C8H5F3N4O.C6H8N4O.C6H5N3.C5H5BrN2.CH4.ClH.H3NO/c9-8(10,11)7-14-6(15-16-7)4-2-1-3-5(12)13-4;7-5-3-1-2-4(9-5)6(8)10-11;1-8-6-4-2-3-5(7)9-6;6-4-2-1-3-5(7)8-4;;;1-2/h1-3H,(H2,12,13);1-3,11H,(H2,7,9)(H2,8,10);2-4H,(H2,7,9);1-3H,(H2,7,8);1H4;1H;2H,1H2. The topological polar surface area (TPSA) is 304 Å². The van der Waals surface area contributed by atoms with Gasteiger partial charge in [0.2, 0.25) is 11.6 Å². The first-order valence-corrected chi connectivity index (χ1v) is 12.7. The maximum atomic E-state index is 12.2. The van der Waals surface area contributed by atoms with Gasteiger partial charge in [0, 0.05) is 6.07 Å². The number of rotatable bonds is 2. The van der Waals surface area contributed by atoms with Gasteiger partial charge in [0.1, 0.15) is 33.4 Å². The van der Waals surface area contributed by atoms with Crippen molar-refractivity contribution in [1.29, 1.82) is 0 Å². The number of nitrogens with two attached hydrogens (primary N) is 6. The first kappa shape index (κ1) is 44.3. The second-order valence-electron chi connectivity index (χ2n) is 7.72. The molecule has 48 heavy (non-hydrogen) atoms. The zero-order valence-corrected chi connectivity index (χ0v) is 26.1. The number of alkyl halides is 3. The Morgan fingerprint density at radius 1 is 0.792 bits per heavy atom.